The monoisotopic (exact) mass is 285 g/mol. The maximum atomic E-state index is 11.8. The van der Waals surface area contributed by atoms with Crippen molar-refractivity contribution < 1.29 is 19.4 Å². The van der Waals surface area contributed by atoms with Crippen LogP contribution in [0.1, 0.15) is 42.7 Å². The van der Waals surface area contributed by atoms with E-state index in [0.29, 0.717) is 5.56 Å². The highest BCUT2D eigenvalue weighted by Crippen LogP contribution is 2.25. The third-order valence-corrected chi connectivity index (χ3v) is 2.57. The van der Waals surface area contributed by atoms with E-state index in [1.54, 1.807) is 20.8 Å². The highest BCUT2D eigenvalue weighted by Gasteiger charge is 2.25. The minimum absolute atomic E-state index is 0.0325. The first-order valence-electron chi connectivity index (χ1n) is 5.63. The number of aromatic carboxylic acids is 1. The first kappa shape index (κ1) is 15.5. The van der Waals surface area contributed by atoms with E-state index in [0.717, 1.165) is 0 Å². The molecule has 0 saturated carbocycles. The number of benzene rings is 1. The van der Waals surface area contributed by atoms with Gasteiger partial charge in [-0.15, -0.1) is 0 Å². The number of carbonyl (C=O) groups is 2. The Morgan fingerprint density at radius 1 is 1.37 bits per heavy atom. The van der Waals surface area contributed by atoms with Gasteiger partial charge in [-0.25, -0.2) is 9.59 Å². The summed E-state index contributed by atoms with van der Waals surface area (Å²) in [5.74, 6) is -1.71. The van der Waals surface area contributed by atoms with E-state index in [1.807, 2.05) is 0 Å². The van der Waals surface area contributed by atoms with Crippen LogP contribution >= 0.6 is 11.6 Å². The summed E-state index contributed by atoms with van der Waals surface area (Å²) in [6, 6.07) is 2.96. The fourth-order valence-electron chi connectivity index (χ4n) is 1.40. The lowest BCUT2D eigenvalue weighted by Gasteiger charge is -2.22. The fraction of sp³-hybridized carbons (Fsp3) is 0.385. The number of carbonyl (C=O) groups excluding carboxylic acids is 1. The molecule has 3 N–H and O–H groups in total. The number of carboxylic acid groups (broad SMARTS) is 1. The van der Waals surface area contributed by atoms with Crippen LogP contribution in [0.2, 0.25) is 5.02 Å². The van der Waals surface area contributed by atoms with Gasteiger partial charge in [0.2, 0.25) is 0 Å². The van der Waals surface area contributed by atoms with Gasteiger partial charge < -0.3 is 15.6 Å². The average Bonchev–Trinajstić information content (AvgIpc) is 2.25. The predicted octanol–water partition coefficient (Wildman–Crippen LogP) is 2.38. The van der Waals surface area contributed by atoms with Crippen LogP contribution in [0, 0.1) is 0 Å². The van der Waals surface area contributed by atoms with Gasteiger partial charge in [-0.1, -0.05) is 17.7 Å². The summed E-state index contributed by atoms with van der Waals surface area (Å²) < 4.78 is 5.15. The van der Waals surface area contributed by atoms with E-state index < -0.39 is 23.6 Å². The number of carboxylic acids is 1. The van der Waals surface area contributed by atoms with Crippen molar-refractivity contribution in [3.63, 3.8) is 0 Å². The molecule has 0 aliphatic rings. The average molecular weight is 286 g/mol. The molecule has 104 valence electrons. The molecular formula is C13H16ClNO4. The number of esters is 1. The number of ether oxygens (including phenoxy) is 1. The van der Waals surface area contributed by atoms with E-state index >= 15 is 0 Å². The number of rotatable bonds is 3. The van der Waals surface area contributed by atoms with Crippen LogP contribution in [-0.2, 0) is 9.53 Å². The van der Waals surface area contributed by atoms with Gasteiger partial charge >= 0.3 is 11.9 Å². The molecule has 0 aromatic heterocycles. The maximum absolute atomic E-state index is 11.8. The van der Waals surface area contributed by atoms with Gasteiger partial charge in [-0.2, -0.15) is 0 Å². The molecule has 6 heteroatoms. The third kappa shape index (κ3) is 4.22. The zero-order valence-electron chi connectivity index (χ0n) is 10.9. The lowest BCUT2D eigenvalue weighted by atomic mass is 10.0. The Hall–Kier alpha value is -1.59. The Kier molecular flexibility index (Phi) is 4.55. The molecule has 0 saturated heterocycles. The van der Waals surface area contributed by atoms with Gasteiger partial charge in [0.05, 0.1) is 5.56 Å². The zero-order chi connectivity index (χ0) is 14.8. The Balaban J connectivity index is 2.97. The molecular weight excluding hydrogens is 270 g/mol. The minimum atomic E-state index is -1.10. The second-order valence-electron chi connectivity index (χ2n) is 5.05. The van der Waals surface area contributed by atoms with Crippen molar-refractivity contribution in [3.05, 3.63) is 34.3 Å². The van der Waals surface area contributed by atoms with Crippen molar-refractivity contribution >= 4 is 23.5 Å². The number of hydrogen-bond acceptors (Lipinski definition) is 4. The summed E-state index contributed by atoms with van der Waals surface area (Å²) in [6.07, 6.45) is 0. The van der Waals surface area contributed by atoms with Crippen LogP contribution in [0.3, 0.4) is 0 Å². The quantitative estimate of drug-likeness (QED) is 0.832. The van der Waals surface area contributed by atoms with E-state index in [9.17, 15) is 9.59 Å². The topological polar surface area (TPSA) is 89.6 Å². The number of halogens is 1. The summed E-state index contributed by atoms with van der Waals surface area (Å²) >= 11 is 5.93. The molecule has 1 atom stereocenters. The van der Waals surface area contributed by atoms with E-state index in [4.69, 9.17) is 27.2 Å². The molecule has 1 unspecified atom stereocenters. The normalized spacial score (nSPS) is 12.9. The van der Waals surface area contributed by atoms with Gasteiger partial charge in [0.25, 0.3) is 0 Å². The summed E-state index contributed by atoms with van der Waals surface area (Å²) in [4.78, 5) is 22.6. The lowest BCUT2D eigenvalue weighted by Crippen LogP contribution is -2.31. The summed E-state index contributed by atoms with van der Waals surface area (Å²) in [5.41, 5.74) is 5.48. The molecule has 0 amide bonds. The summed E-state index contributed by atoms with van der Waals surface area (Å²) in [6.45, 7) is 5.19. The van der Waals surface area contributed by atoms with Gasteiger partial charge in [0, 0.05) is 5.02 Å². The fourth-order valence-corrected chi connectivity index (χ4v) is 1.70. The van der Waals surface area contributed by atoms with Crippen LogP contribution in [-0.4, -0.2) is 22.6 Å². The lowest BCUT2D eigenvalue weighted by molar-refractivity contribution is -0.156. The molecule has 19 heavy (non-hydrogen) atoms. The highest BCUT2D eigenvalue weighted by atomic mass is 35.5. The minimum Gasteiger partial charge on any atom is -0.478 e. The molecule has 1 rings (SSSR count). The molecule has 0 heterocycles. The van der Waals surface area contributed by atoms with Gasteiger partial charge in [0.15, 0.2) is 0 Å². The van der Waals surface area contributed by atoms with Crippen molar-refractivity contribution in [2.75, 3.05) is 0 Å². The standard InChI is InChI=1S/C13H16ClNO4/c1-13(2,3)19-12(18)10(15)8-5-4-7(11(16)17)6-9(8)14/h4-6,10H,15H2,1-3H3,(H,16,17). The highest BCUT2D eigenvalue weighted by molar-refractivity contribution is 6.32. The molecule has 0 aliphatic carbocycles. The van der Waals surface area contributed by atoms with Crippen LogP contribution < -0.4 is 5.73 Å². The van der Waals surface area contributed by atoms with E-state index in [1.165, 1.54) is 18.2 Å². The Bertz CT molecular complexity index is 508. The number of nitrogens with two attached hydrogens (primary N) is 1. The van der Waals surface area contributed by atoms with Crippen molar-refractivity contribution in [1.29, 1.82) is 0 Å². The molecule has 0 bridgehead atoms. The molecule has 0 spiro atoms. The Morgan fingerprint density at radius 2 is 1.95 bits per heavy atom. The first-order chi connectivity index (χ1) is 8.61. The molecule has 0 aliphatic heterocycles. The summed E-state index contributed by atoms with van der Waals surface area (Å²) in [5, 5.41) is 8.94. The van der Waals surface area contributed by atoms with Crippen LogP contribution in [0.15, 0.2) is 18.2 Å². The van der Waals surface area contributed by atoms with E-state index in [2.05, 4.69) is 0 Å². The largest absolute Gasteiger partial charge is 0.478 e. The number of hydrogen-bond donors (Lipinski definition) is 2. The van der Waals surface area contributed by atoms with Crippen molar-refractivity contribution in [2.24, 2.45) is 5.73 Å². The zero-order valence-corrected chi connectivity index (χ0v) is 11.7. The van der Waals surface area contributed by atoms with Gasteiger partial charge in [-0.05, 0) is 38.5 Å². The SMILES string of the molecule is CC(C)(C)OC(=O)C(N)c1ccc(C(=O)O)cc1Cl. The second-order valence-corrected chi connectivity index (χ2v) is 5.46. The molecule has 0 fully saturated rings. The van der Waals surface area contributed by atoms with E-state index in [-0.39, 0.29) is 10.6 Å². The molecule has 0 radical (unpaired) electrons. The van der Waals surface area contributed by atoms with Crippen LogP contribution in [0.5, 0.6) is 0 Å². The second kappa shape index (κ2) is 5.59. The van der Waals surface area contributed by atoms with Crippen molar-refractivity contribution in [2.45, 2.75) is 32.4 Å². The van der Waals surface area contributed by atoms with Gasteiger partial charge in [0.1, 0.15) is 11.6 Å². The van der Waals surface area contributed by atoms with Crippen LogP contribution in [0.4, 0.5) is 0 Å². The van der Waals surface area contributed by atoms with Crippen molar-refractivity contribution in [1.82, 2.24) is 0 Å². The smallest absolute Gasteiger partial charge is 0.335 e. The summed E-state index contributed by atoms with van der Waals surface area (Å²) in [7, 11) is 0. The molecule has 5 nitrogen and oxygen atoms in total. The van der Waals surface area contributed by atoms with Crippen molar-refractivity contribution in [3.8, 4) is 0 Å². The molecule has 1 aromatic rings. The third-order valence-electron chi connectivity index (χ3n) is 2.24. The molecule has 1 aromatic carbocycles. The Labute approximate surface area is 116 Å². The van der Waals surface area contributed by atoms with Gasteiger partial charge in [-0.3, -0.25) is 0 Å². The van der Waals surface area contributed by atoms with Crippen LogP contribution in [0.25, 0.3) is 0 Å². The Morgan fingerprint density at radius 3 is 2.37 bits per heavy atom. The predicted molar refractivity (Wildman–Crippen MR) is 71.2 cm³/mol. The first-order valence-corrected chi connectivity index (χ1v) is 6.01. The maximum Gasteiger partial charge on any atom is 0.335 e.